The molecule has 0 amide bonds. The van der Waals surface area contributed by atoms with Crippen molar-refractivity contribution in [2.24, 2.45) is 0 Å². The van der Waals surface area contributed by atoms with E-state index < -0.39 is 0 Å². The highest BCUT2D eigenvalue weighted by Crippen LogP contribution is 2.31. The minimum atomic E-state index is 0.638. The first kappa shape index (κ1) is 16.5. The number of hydrogen-bond acceptors (Lipinski definition) is 3. The van der Waals surface area contributed by atoms with Crippen molar-refractivity contribution < 1.29 is 9.68 Å². The second kappa shape index (κ2) is 8.57. The van der Waals surface area contributed by atoms with Crippen LogP contribution >= 0.6 is 0 Å². The van der Waals surface area contributed by atoms with Crippen molar-refractivity contribution >= 4 is 5.69 Å². The van der Waals surface area contributed by atoms with Gasteiger partial charge in [-0.2, -0.15) is 0 Å². The molecule has 0 atom stereocenters. The highest BCUT2D eigenvalue weighted by molar-refractivity contribution is 5.73. The molecule has 22 heavy (non-hydrogen) atoms. The molecule has 0 aromatic heterocycles. The van der Waals surface area contributed by atoms with Crippen molar-refractivity contribution in [2.75, 3.05) is 18.4 Å². The molecule has 0 aliphatic rings. The highest BCUT2D eigenvalue weighted by Gasteiger charge is 2.14. The zero-order chi connectivity index (χ0) is 15.8. The van der Waals surface area contributed by atoms with Crippen molar-refractivity contribution in [1.29, 1.82) is 0 Å². The molecule has 0 aliphatic heterocycles. The quantitative estimate of drug-likeness (QED) is 0.629. The van der Waals surface area contributed by atoms with Crippen LogP contribution in [0, 0.1) is 6.92 Å². The van der Waals surface area contributed by atoms with E-state index in [9.17, 15) is 0 Å². The van der Waals surface area contributed by atoms with Gasteiger partial charge in [-0.1, -0.05) is 56.3 Å². The van der Waals surface area contributed by atoms with Gasteiger partial charge in [0.25, 0.3) is 0 Å². The molecule has 2 rings (SSSR count). The van der Waals surface area contributed by atoms with Gasteiger partial charge < -0.3 is 0 Å². The first-order chi connectivity index (χ1) is 10.8. The Morgan fingerprint density at radius 3 is 2.05 bits per heavy atom. The van der Waals surface area contributed by atoms with Crippen molar-refractivity contribution in [1.82, 2.24) is 0 Å². The summed E-state index contributed by atoms with van der Waals surface area (Å²) >= 11 is 0. The Morgan fingerprint density at radius 2 is 1.45 bits per heavy atom. The summed E-state index contributed by atoms with van der Waals surface area (Å²) in [6.45, 7) is 7.56. The molecule has 0 saturated heterocycles. The average molecular weight is 299 g/mol. The minimum absolute atomic E-state index is 0.638. The van der Waals surface area contributed by atoms with Crippen LogP contribution in [0.15, 0.2) is 48.5 Å². The summed E-state index contributed by atoms with van der Waals surface area (Å²) in [5.41, 5.74) is 4.51. The molecular weight excluding hydrogens is 274 g/mol. The van der Waals surface area contributed by atoms with Crippen molar-refractivity contribution in [2.45, 2.75) is 33.6 Å². The summed E-state index contributed by atoms with van der Waals surface area (Å²) in [6, 6.07) is 16.6. The zero-order valence-corrected chi connectivity index (χ0v) is 13.7. The van der Waals surface area contributed by atoms with E-state index in [0.29, 0.717) is 13.2 Å². The molecule has 3 nitrogen and oxygen atoms in total. The number of rotatable bonds is 8. The third-order valence-corrected chi connectivity index (χ3v) is 3.41. The number of hydrogen-bond donors (Lipinski definition) is 0. The number of anilines is 1. The van der Waals surface area contributed by atoms with Gasteiger partial charge in [0.15, 0.2) is 0 Å². The maximum Gasteiger partial charge on any atom is 0.0982 e. The van der Waals surface area contributed by atoms with E-state index in [-0.39, 0.29) is 0 Å². The molecular formula is C19H25NO2. The third kappa shape index (κ3) is 4.09. The first-order valence-electron chi connectivity index (χ1n) is 7.99. The van der Waals surface area contributed by atoms with Crippen LogP contribution in [0.5, 0.6) is 0 Å². The lowest BCUT2D eigenvalue weighted by Gasteiger charge is -2.25. The minimum Gasteiger partial charge on any atom is -0.249 e. The van der Waals surface area contributed by atoms with Crippen LogP contribution in [0.3, 0.4) is 0 Å². The van der Waals surface area contributed by atoms with E-state index in [1.165, 1.54) is 11.1 Å². The van der Waals surface area contributed by atoms with Crippen molar-refractivity contribution in [3.05, 3.63) is 54.1 Å². The van der Waals surface area contributed by atoms with Gasteiger partial charge >= 0.3 is 0 Å². The molecule has 0 heterocycles. The molecule has 2 aromatic carbocycles. The summed E-state index contributed by atoms with van der Waals surface area (Å²) in [5.74, 6) is 0. The Kier molecular flexibility index (Phi) is 6.44. The molecule has 118 valence electrons. The maximum atomic E-state index is 5.76. The zero-order valence-electron chi connectivity index (χ0n) is 13.7. The topological polar surface area (TPSA) is 21.7 Å². The summed E-state index contributed by atoms with van der Waals surface area (Å²) in [6.07, 6.45) is 1.90. The van der Waals surface area contributed by atoms with Crippen molar-refractivity contribution in [3.8, 4) is 11.1 Å². The van der Waals surface area contributed by atoms with Crippen LogP contribution in [0.1, 0.15) is 32.3 Å². The van der Waals surface area contributed by atoms with E-state index in [1.807, 2.05) is 18.2 Å². The predicted octanol–water partition coefficient (Wildman–Crippen LogP) is 5.15. The molecule has 0 N–H and O–H groups in total. The second-order valence-corrected chi connectivity index (χ2v) is 5.24. The summed E-state index contributed by atoms with van der Waals surface area (Å²) in [7, 11) is 0. The Morgan fingerprint density at radius 1 is 0.818 bits per heavy atom. The summed E-state index contributed by atoms with van der Waals surface area (Å²) in [4.78, 5) is 11.5. The summed E-state index contributed by atoms with van der Waals surface area (Å²) < 4.78 is 0. The lowest BCUT2D eigenvalue weighted by Crippen LogP contribution is -2.25. The number of nitrogens with zero attached hydrogens (tertiary/aromatic N) is 1. The van der Waals surface area contributed by atoms with Gasteiger partial charge in [0.05, 0.1) is 18.9 Å². The summed E-state index contributed by atoms with van der Waals surface area (Å²) in [5, 5.41) is 1.58. The van der Waals surface area contributed by atoms with Gasteiger partial charge in [0, 0.05) is 0 Å². The first-order valence-corrected chi connectivity index (χ1v) is 7.99. The fourth-order valence-corrected chi connectivity index (χ4v) is 2.28. The molecule has 0 saturated carbocycles. The monoisotopic (exact) mass is 299 g/mol. The number of benzene rings is 2. The molecule has 3 heteroatoms. The van der Waals surface area contributed by atoms with Gasteiger partial charge in [0.2, 0.25) is 0 Å². The Bertz CT molecular complexity index is 561. The smallest absolute Gasteiger partial charge is 0.0982 e. The van der Waals surface area contributed by atoms with E-state index in [0.717, 1.165) is 24.1 Å². The van der Waals surface area contributed by atoms with E-state index in [2.05, 4.69) is 51.1 Å². The standard InChI is InChI=1S/C19H25NO2/c1-4-14-21-20(22-15-5-2)19-13-9-12-18(16(19)3)17-10-7-6-8-11-17/h6-13H,4-5,14-15H2,1-3H3. The molecule has 0 radical (unpaired) electrons. The molecule has 0 spiro atoms. The lowest BCUT2D eigenvalue weighted by molar-refractivity contribution is -0.0895. The molecule has 0 unspecified atom stereocenters. The van der Waals surface area contributed by atoms with E-state index >= 15 is 0 Å². The molecule has 0 aliphatic carbocycles. The fourth-order valence-electron chi connectivity index (χ4n) is 2.28. The second-order valence-electron chi connectivity index (χ2n) is 5.24. The molecule has 2 aromatic rings. The van der Waals surface area contributed by atoms with Gasteiger partial charge in [-0.3, -0.25) is 0 Å². The predicted molar refractivity (Wildman–Crippen MR) is 91.6 cm³/mol. The average Bonchev–Trinajstić information content (AvgIpc) is 2.56. The van der Waals surface area contributed by atoms with E-state index in [4.69, 9.17) is 9.68 Å². The Hall–Kier alpha value is -1.84. The maximum absolute atomic E-state index is 5.76. The van der Waals surface area contributed by atoms with E-state index in [1.54, 1.807) is 5.23 Å². The van der Waals surface area contributed by atoms with Crippen LogP contribution in [0.25, 0.3) is 11.1 Å². The van der Waals surface area contributed by atoms with Crippen molar-refractivity contribution in [3.63, 3.8) is 0 Å². The largest absolute Gasteiger partial charge is 0.249 e. The van der Waals surface area contributed by atoms with Gasteiger partial charge in [0.1, 0.15) is 0 Å². The van der Waals surface area contributed by atoms with Crippen LogP contribution in [0.4, 0.5) is 5.69 Å². The van der Waals surface area contributed by atoms with Crippen LogP contribution < -0.4 is 5.23 Å². The van der Waals surface area contributed by atoms with Gasteiger partial charge in [-0.25, -0.2) is 9.68 Å². The fraction of sp³-hybridized carbons (Fsp3) is 0.368. The molecule has 0 bridgehead atoms. The Balaban J connectivity index is 2.32. The highest BCUT2D eigenvalue weighted by atomic mass is 16.9. The Labute approximate surface area is 133 Å². The van der Waals surface area contributed by atoms with Crippen LogP contribution in [0.2, 0.25) is 0 Å². The lowest BCUT2D eigenvalue weighted by atomic mass is 9.99. The van der Waals surface area contributed by atoms with Gasteiger partial charge in [-0.05, 0) is 42.5 Å². The van der Waals surface area contributed by atoms with Gasteiger partial charge in [-0.15, -0.1) is 5.23 Å². The molecule has 0 fully saturated rings. The van der Waals surface area contributed by atoms with Crippen LogP contribution in [-0.4, -0.2) is 13.2 Å². The van der Waals surface area contributed by atoms with Crippen LogP contribution in [-0.2, 0) is 9.68 Å². The third-order valence-electron chi connectivity index (χ3n) is 3.41. The normalized spacial score (nSPS) is 10.7. The SMILES string of the molecule is CCCON(OCCC)c1cccc(-c2ccccc2)c1C.